The average molecular weight is 258 g/mol. The van der Waals surface area contributed by atoms with E-state index in [2.05, 4.69) is 0 Å². The number of aryl methyl sites for hydroxylation is 1. The number of ether oxygens (including phenoxy) is 1. The van der Waals surface area contributed by atoms with Crippen molar-refractivity contribution in [2.24, 2.45) is 0 Å². The highest BCUT2D eigenvalue weighted by atomic mass is 32.1. The molecule has 0 aromatic carbocycles. The van der Waals surface area contributed by atoms with E-state index >= 15 is 0 Å². The molecule has 1 aromatic rings. The van der Waals surface area contributed by atoms with E-state index in [9.17, 15) is 9.90 Å². The van der Waals surface area contributed by atoms with Crippen LogP contribution < -0.4 is 4.74 Å². The van der Waals surface area contributed by atoms with Gasteiger partial charge in [0.05, 0.1) is 6.10 Å². The van der Waals surface area contributed by atoms with Crippen molar-refractivity contribution in [3.05, 3.63) is 15.8 Å². The molecule has 96 valence electrons. The van der Waals surface area contributed by atoms with Crippen LogP contribution >= 0.6 is 11.3 Å². The summed E-state index contributed by atoms with van der Waals surface area (Å²) < 4.78 is 5.36. The molecule has 0 saturated carbocycles. The molecule has 0 amide bonds. The number of aliphatic hydroxyl groups is 1. The molecule has 0 aliphatic heterocycles. The van der Waals surface area contributed by atoms with Gasteiger partial charge in [0.15, 0.2) is 4.88 Å². The van der Waals surface area contributed by atoms with Crippen molar-refractivity contribution in [2.75, 3.05) is 6.61 Å². The van der Waals surface area contributed by atoms with E-state index in [4.69, 9.17) is 9.84 Å². The molecule has 17 heavy (non-hydrogen) atoms. The summed E-state index contributed by atoms with van der Waals surface area (Å²) in [5.41, 5.74) is 0. The van der Waals surface area contributed by atoms with E-state index in [1.54, 1.807) is 6.07 Å². The minimum Gasteiger partial charge on any atom is -0.489 e. The molecule has 4 nitrogen and oxygen atoms in total. The largest absolute Gasteiger partial charge is 0.489 e. The first-order valence-electron chi connectivity index (χ1n) is 5.75. The molecule has 0 spiro atoms. The van der Waals surface area contributed by atoms with Gasteiger partial charge in [-0.1, -0.05) is 20.3 Å². The predicted molar refractivity (Wildman–Crippen MR) is 67.1 cm³/mol. The summed E-state index contributed by atoms with van der Waals surface area (Å²) in [5, 5.41) is 18.4. The first-order chi connectivity index (χ1) is 8.08. The van der Waals surface area contributed by atoms with Gasteiger partial charge in [-0.25, -0.2) is 4.79 Å². The van der Waals surface area contributed by atoms with Crippen LogP contribution in [0.3, 0.4) is 0 Å². The average Bonchev–Trinajstić information content (AvgIpc) is 2.69. The second-order valence-electron chi connectivity index (χ2n) is 3.83. The number of aliphatic hydroxyl groups excluding tert-OH is 1. The van der Waals surface area contributed by atoms with E-state index < -0.39 is 12.1 Å². The molecule has 0 fully saturated rings. The molecule has 5 heteroatoms. The molecule has 2 N–H and O–H groups in total. The zero-order chi connectivity index (χ0) is 12.8. The van der Waals surface area contributed by atoms with Crippen molar-refractivity contribution in [1.82, 2.24) is 0 Å². The Balaban J connectivity index is 2.77. The maximum Gasteiger partial charge on any atom is 0.349 e. The highest BCUT2D eigenvalue weighted by Gasteiger charge is 2.17. The van der Waals surface area contributed by atoms with Gasteiger partial charge in [-0.15, -0.1) is 11.3 Å². The Kier molecular flexibility index (Phi) is 5.44. The van der Waals surface area contributed by atoms with Gasteiger partial charge >= 0.3 is 5.97 Å². The topological polar surface area (TPSA) is 66.8 Å². The van der Waals surface area contributed by atoms with Crippen molar-refractivity contribution in [3.63, 3.8) is 0 Å². The van der Waals surface area contributed by atoms with Crippen LogP contribution in [-0.2, 0) is 6.42 Å². The van der Waals surface area contributed by atoms with Gasteiger partial charge < -0.3 is 14.9 Å². The van der Waals surface area contributed by atoms with Crippen LogP contribution in [0.25, 0.3) is 0 Å². The Hall–Kier alpha value is -1.07. The Morgan fingerprint density at radius 1 is 1.53 bits per heavy atom. The fourth-order valence-electron chi connectivity index (χ4n) is 1.35. The van der Waals surface area contributed by atoms with Crippen LogP contribution in [0.2, 0.25) is 0 Å². The number of carboxylic acids is 1. The molecule has 0 bridgehead atoms. The first kappa shape index (κ1) is 14.0. The van der Waals surface area contributed by atoms with E-state index in [1.165, 1.54) is 11.3 Å². The summed E-state index contributed by atoms with van der Waals surface area (Å²) >= 11 is 1.25. The number of hydrogen-bond acceptors (Lipinski definition) is 4. The van der Waals surface area contributed by atoms with Crippen molar-refractivity contribution in [1.29, 1.82) is 0 Å². The lowest BCUT2D eigenvalue weighted by atomic mass is 10.3. The number of thiophene rings is 1. The Morgan fingerprint density at radius 3 is 2.76 bits per heavy atom. The predicted octanol–water partition coefficient (Wildman–Crippen LogP) is 2.55. The van der Waals surface area contributed by atoms with Crippen LogP contribution in [0, 0.1) is 0 Å². The molecule has 1 rings (SSSR count). The van der Waals surface area contributed by atoms with E-state index in [0.29, 0.717) is 12.2 Å². The molecular weight excluding hydrogens is 240 g/mol. The van der Waals surface area contributed by atoms with Gasteiger partial charge in [0.25, 0.3) is 0 Å². The molecule has 0 aliphatic rings. The second kappa shape index (κ2) is 6.61. The zero-order valence-corrected chi connectivity index (χ0v) is 10.9. The summed E-state index contributed by atoms with van der Waals surface area (Å²) in [6, 6.07) is 1.76. The zero-order valence-electron chi connectivity index (χ0n) is 10.1. The SMILES string of the molecule is CCCc1cc(OCC(O)CC)c(C(=O)O)s1. The lowest BCUT2D eigenvalue weighted by Gasteiger charge is -2.09. The van der Waals surface area contributed by atoms with Crippen LogP contribution in [0.4, 0.5) is 0 Å². The highest BCUT2D eigenvalue weighted by Crippen LogP contribution is 2.30. The summed E-state index contributed by atoms with van der Waals surface area (Å²) in [4.78, 5) is 12.2. The van der Waals surface area contributed by atoms with Crippen molar-refractivity contribution >= 4 is 17.3 Å². The molecule has 1 aromatic heterocycles. The molecule has 0 aliphatic carbocycles. The van der Waals surface area contributed by atoms with Gasteiger partial charge in [-0.2, -0.15) is 0 Å². The monoisotopic (exact) mass is 258 g/mol. The maximum absolute atomic E-state index is 11.0. The van der Waals surface area contributed by atoms with Gasteiger partial charge in [0.1, 0.15) is 12.4 Å². The number of carbonyl (C=O) groups is 1. The maximum atomic E-state index is 11.0. The fourth-order valence-corrected chi connectivity index (χ4v) is 2.39. The van der Waals surface area contributed by atoms with Gasteiger partial charge in [-0.05, 0) is 18.9 Å². The third-order valence-corrected chi connectivity index (χ3v) is 3.51. The first-order valence-corrected chi connectivity index (χ1v) is 6.57. The van der Waals surface area contributed by atoms with Crippen molar-refractivity contribution < 1.29 is 19.7 Å². The minimum atomic E-state index is -0.974. The summed E-state index contributed by atoms with van der Waals surface area (Å²) in [6.07, 6.45) is 1.86. The lowest BCUT2D eigenvalue weighted by Crippen LogP contribution is -2.16. The normalized spacial score (nSPS) is 12.4. The fraction of sp³-hybridized carbons (Fsp3) is 0.583. The quantitative estimate of drug-likeness (QED) is 0.788. The summed E-state index contributed by atoms with van der Waals surface area (Å²) in [6.45, 7) is 4.03. The smallest absolute Gasteiger partial charge is 0.349 e. The van der Waals surface area contributed by atoms with Gasteiger partial charge in [0.2, 0.25) is 0 Å². The number of rotatable bonds is 7. The molecule has 0 saturated heterocycles. The van der Waals surface area contributed by atoms with Crippen LogP contribution in [0.5, 0.6) is 5.75 Å². The lowest BCUT2D eigenvalue weighted by molar-refractivity contribution is 0.0689. The van der Waals surface area contributed by atoms with Crippen LogP contribution in [0.1, 0.15) is 41.2 Å². The third kappa shape index (κ3) is 4.02. The molecule has 1 atom stereocenters. The van der Waals surface area contributed by atoms with Crippen LogP contribution in [-0.4, -0.2) is 28.9 Å². The molecule has 1 heterocycles. The highest BCUT2D eigenvalue weighted by molar-refractivity contribution is 7.14. The second-order valence-corrected chi connectivity index (χ2v) is 4.97. The van der Waals surface area contributed by atoms with E-state index in [1.807, 2.05) is 13.8 Å². The number of carboxylic acid groups (broad SMARTS) is 1. The van der Waals surface area contributed by atoms with E-state index in [0.717, 1.165) is 17.7 Å². The number of aromatic carboxylic acids is 1. The van der Waals surface area contributed by atoms with Crippen LogP contribution in [0.15, 0.2) is 6.07 Å². The van der Waals surface area contributed by atoms with Crippen molar-refractivity contribution in [2.45, 2.75) is 39.2 Å². The Labute approximate surface area is 105 Å². The standard InChI is InChI=1S/C12H18O4S/c1-3-5-9-6-10(11(17-9)12(14)15)16-7-8(13)4-2/h6,8,13H,3-5,7H2,1-2H3,(H,14,15). The van der Waals surface area contributed by atoms with Gasteiger partial charge in [-0.3, -0.25) is 0 Å². The molecule has 0 radical (unpaired) electrons. The molecule has 1 unspecified atom stereocenters. The van der Waals surface area contributed by atoms with Gasteiger partial charge in [0, 0.05) is 4.88 Å². The summed E-state index contributed by atoms with van der Waals surface area (Å²) in [7, 11) is 0. The minimum absolute atomic E-state index is 0.138. The Morgan fingerprint density at radius 2 is 2.24 bits per heavy atom. The van der Waals surface area contributed by atoms with Crippen molar-refractivity contribution in [3.8, 4) is 5.75 Å². The molecular formula is C12H18O4S. The Bertz CT molecular complexity index is 373. The summed E-state index contributed by atoms with van der Waals surface area (Å²) in [5.74, 6) is -0.600. The van der Waals surface area contributed by atoms with E-state index in [-0.39, 0.29) is 11.5 Å². The number of hydrogen-bond donors (Lipinski definition) is 2. The third-order valence-electron chi connectivity index (χ3n) is 2.34.